The van der Waals surface area contributed by atoms with Crippen LogP contribution >= 0.6 is 0 Å². The molecule has 2 atom stereocenters. The van der Waals surface area contributed by atoms with Crippen molar-refractivity contribution in [2.24, 2.45) is 5.92 Å². The average molecular weight is 321 g/mol. The third-order valence-corrected chi connectivity index (χ3v) is 3.94. The SMILES string of the molecule is CC1CCN(C(=O)COCCOc2ccccc2)C(C(=O)O)C1. The number of carboxylic acids is 1. The van der Waals surface area contributed by atoms with Gasteiger partial charge in [-0.05, 0) is 30.9 Å². The van der Waals surface area contributed by atoms with E-state index in [-0.39, 0.29) is 19.1 Å². The van der Waals surface area contributed by atoms with Crippen molar-refractivity contribution in [1.82, 2.24) is 4.90 Å². The molecule has 2 unspecified atom stereocenters. The molecule has 126 valence electrons. The second-order valence-corrected chi connectivity index (χ2v) is 5.78. The summed E-state index contributed by atoms with van der Waals surface area (Å²) in [4.78, 5) is 24.9. The lowest BCUT2D eigenvalue weighted by Crippen LogP contribution is -2.51. The third kappa shape index (κ3) is 5.25. The topological polar surface area (TPSA) is 76.1 Å². The Balaban J connectivity index is 1.70. The summed E-state index contributed by atoms with van der Waals surface area (Å²) in [5.74, 6) is -0.153. The molecule has 0 aliphatic carbocycles. The lowest BCUT2D eigenvalue weighted by Gasteiger charge is -2.35. The van der Waals surface area contributed by atoms with E-state index in [0.29, 0.717) is 25.5 Å². The van der Waals surface area contributed by atoms with Gasteiger partial charge in [0.2, 0.25) is 5.91 Å². The number of rotatable bonds is 7. The standard InChI is InChI=1S/C17H23NO5/c1-13-7-8-18(15(11-13)17(20)21)16(19)12-22-9-10-23-14-5-3-2-4-6-14/h2-6,13,15H,7-12H2,1H3,(H,20,21). The molecule has 23 heavy (non-hydrogen) atoms. The van der Waals surface area contributed by atoms with E-state index in [0.717, 1.165) is 12.2 Å². The number of ether oxygens (including phenoxy) is 2. The lowest BCUT2D eigenvalue weighted by atomic mass is 9.92. The summed E-state index contributed by atoms with van der Waals surface area (Å²) >= 11 is 0. The van der Waals surface area contributed by atoms with Gasteiger partial charge in [0.15, 0.2) is 0 Å². The zero-order chi connectivity index (χ0) is 16.7. The number of piperidine rings is 1. The predicted molar refractivity (Wildman–Crippen MR) is 84.3 cm³/mol. The maximum atomic E-state index is 12.1. The van der Waals surface area contributed by atoms with Crippen molar-refractivity contribution in [2.75, 3.05) is 26.4 Å². The van der Waals surface area contributed by atoms with Crippen LogP contribution in [0.1, 0.15) is 19.8 Å². The van der Waals surface area contributed by atoms with Crippen LogP contribution in [0.4, 0.5) is 0 Å². The first-order valence-corrected chi connectivity index (χ1v) is 7.86. The van der Waals surface area contributed by atoms with E-state index in [1.165, 1.54) is 4.90 Å². The minimum absolute atomic E-state index is 0.115. The van der Waals surface area contributed by atoms with Crippen LogP contribution in [0.25, 0.3) is 0 Å². The van der Waals surface area contributed by atoms with Crippen LogP contribution in [-0.2, 0) is 14.3 Å². The summed E-state index contributed by atoms with van der Waals surface area (Å²) in [6.07, 6.45) is 1.32. The molecule has 1 aromatic carbocycles. The predicted octanol–water partition coefficient (Wildman–Crippen LogP) is 1.79. The van der Waals surface area contributed by atoms with Gasteiger partial charge in [0.25, 0.3) is 0 Å². The van der Waals surface area contributed by atoms with Gasteiger partial charge < -0.3 is 19.5 Å². The highest BCUT2D eigenvalue weighted by Gasteiger charge is 2.34. The largest absolute Gasteiger partial charge is 0.491 e. The van der Waals surface area contributed by atoms with Gasteiger partial charge in [-0.25, -0.2) is 4.79 Å². The van der Waals surface area contributed by atoms with E-state index in [1.807, 2.05) is 37.3 Å². The molecule has 1 saturated heterocycles. The van der Waals surface area contributed by atoms with Gasteiger partial charge in [0.05, 0.1) is 6.61 Å². The molecular formula is C17H23NO5. The van der Waals surface area contributed by atoms with Crippen LogP contribution in [0.5, 0.6) is 5.75 Å². The Hall–Kier alpha value is -2.08. The van der Waals surface area contributed by atoms with E-state index in [9.17, 15) is 14.7 Å². The highest BCUT2D eigenvalue weighted by Crippen LogP contribution is 2.22. The molecule has 1 heterocycles. The Morgan fingerprint density at radius 2 is 2.00 bits per heavy atom. The normalized spacial score (nSPS) is 21.0. The van der Waals surface area contributed by atoms with Gasteiger partial charge in [0, 0.05) is 6.54 Å². The van der Waals surface area contributed by atoms with Crippen molar-refractivity contribution in [3.63, 3.8) is 0 Å². The second-order valence-electron chi connectivity index (χ2n) is 5.78. The molecule has 0 aromatic heterocycles. The fourth-order valence-electron chi connectivity index (χ4n) is 2.65. The van der Waals surface area contributed by atoms with Gasteiger partial charge in [-0.2, -0.15) is 0 Å². The average Bonchev–Trinajstić information content (AvgIpc) is 2.55. The molecule has 1 aromatic rings. The van der Waals surface area contributed by atoms with Crippen molar-refractivity contribution in [1.29, 1.82) is 0 Å². The maximum Gasteiger partial charge on any atom is 0.326 e. The molecule has 1 amide bonds. The molecule has 0 bridgehead atoms. The van der Waals surface area contributed by atoms with Crippen molar-refractivity contribution >= 4 is 11.9 Å². The third-order valence-electron chi connectivity index (χ3n) is 3.94. The first-order valence-electron chi connectivity index (χ1n) is 7.86. The Kier molecular flexibility index (Phi) is 6.40. The number of hydrogen-bond acceptors (Lipinski definition) is 4. The molecule has 1 N–H and O–H groups in total. The summed E-state index contributed by atoms with van der Waals surface area (Å²) in [7, 11) is 0. The fourth-order valence-corrected chi connectivity index (χ4v) is 2.65. The highest BCUT2D eigenvalue weighted by molar-refractivity contribution is 5.84. The van der Waals surface area contributed by atoms with Crippen LogP contribution in [-0.4, -0.2) is 54.3 Å². The van der Waals surface area contributed by atoms with Crippen molar-refractivity contribution in [2.45, 2.75) is 25.8 Å². The summed E-state index contributed by atoms with van der Waals surface area (Å²) in [5.41, 5.74) is 0. The minimum atomic E-state index is -0.947. The highest BCUT2D eigenvalue weighted by atomic mass is 16.5. The van der Waals surface area contributed by atoms with Gasteiger partial charge in [0.1, 0.15) is 25.0 Å². The molecule has 0 spiro atoms. The zero-order valence-corrected chi connectivity index (χ0v) is 13.3. The molecule has 1 aliphatic rings. The van der Waals surface area contributed by atoms with Crippen LogP contribution in [0.15, 0.2) is 30.3 Å². The summed E-state index contributed by atoms with van der Waals surface area (Å²) < 4.78 is 10.8. The Bertz CT molecular complexity index is 519. The number of benzene rings is 1. The number of carbonyl (C=O) groups excluding carboxylic acids is 1. The van der Waals surface area contributed by atoms with Gasteiger partial charge in [-0.1, -0.05) is 25.1 Å². The van der Waals surface area contributed by atoms with Crippen LogP contribution in [0.3, 0.4) is 0 Å². The summed E-state index contributed by atoms with van der Waals surface area (Å²) in [5, 5.41) is 9.26. The Morgan fingerprint density at radius 3 is 2.70 bits per heavy atom. The van der Waals surface area contributed by atoms with E-state index in [4.69, 9.17) is 9.47 Å². The number of amides is 1. The van der Waals surface area contributed by atoms with Crippen LogP contribution in [0.2, 0.25) is 0 Å². The van der Waals surface area contributed by atoms with Gasteiger partial charge in [-0.3, -0.25) is 4.79 Å². The number of carboxylic acid groups (broad SMARTS) is 1. The Labute approximate surface area is 136 Å². The van der Waals surface area contributed by atoms with E-state index in [2.05, 4.69) is 0 Å². The molecule has 6 nitrogen and oxygen atoms in total. The zero-order valence-electron chi connectivity index (χ0n) is 13.3. The monoisotopic (exact) mass is 321 g/mol. The van der Waals surface area contributed by atoms with E-state index in [1.54, 1.807) is 0 Å². The maximum absolute atomic E-state index is 12.1. The molecule has 0 radical (unpaired) electrons. The first-order chi connectivity index (χ1) is 11.1. The van der Waals surface area contributed by atoms with Crippen molar-refractivity contribution in [3.8, 4) is 5.75 Å². The summed E-state index contributed by atoms with van der Waals surface area (Å²) in [6.45, 7) is 2.99. The smallest absolute Gasteiger partial charge is 0.326 e. The summed E-state index contributed by atoms with van der Waals surface area (Å²) in [6, 6.07) is 8.61. The number of carbonyl (C=O) groups is 2. The number of likely N-dealkylation sites (tertiary alicyclic amines) is 1. The van der Waals surface area contributed by atoms with Gasteiger partial charge >= 0.3 is 5.97 Å². The van der Waals surface area contributed by atoms with Gasteiger partial charge in [-0.15, -0.1) is 0 Å². The van der Waals surface area contributed by atoms with E-state index < -0.39 is 12.0 Å². The molecule has 1 fully saturated rings. The molecule has 0 saturated carbocycles. The molecule has 6 heteroatoms. The molecular weight excluding hydrogens is 298 g/mol. The number of nitrogens with zero attached hydrogens (tertiary/aromatic N) is 1. The Morgan fingerprint density at radius 1 is 1.26 bits per heavy atom. The minimum Gasteiger partial charge on any atom is -0.491 e. The lowest BCUT2D eigenvalue weighted by molar-refractivity contribution is -0.155. The number of para-hydroxylation sites is 1. The fraction of sp³-hybridized carbons (Fsp3) is 0.529. The molecule has 2 rings (SSSR count). The quantitative estimate of drug-likeness (QED) is 0.775. The van der Waals surface area contributed by atoms with Crippen molar-refractivity contribution < 1.29 is 24.2 Å². The van der Waals surface area contributed by atoms with Crippen molar-refractivity contribution in [3.05, 3.63) is 30.3 Å². The second kappa shape index (κ2) is 8.53. The number of aliphatic carboxylic acids is 1. The van der Waals surface area contributed by atoms with Crippen LogP contribution < -0.4 is 4.74 Å². The first kappa shape index (κ1) is 17.3. The van der Waals surface area contributed by atoms with Crippen LogP contribution in [0, 0.1) is 5.92 Å². The number of hydrogen-bond donors (Lipinski definition) is 1. The molecule has 1 aliphatic heterocycles. The van der Waals surface area contributed by atoms with E-state index >= 15 is 0 Å².